The van der Waals surface area contributed by atoms with E-state index >= 15 is 0 Å². The Labute approximate surface area is 200 Å². The minimum Gasteiger partial charge on any atom is -0.379 e. The summed E-state index contributed by atoms with van der Waals surface area (Å²) in [7, 11) is -3.67. The molecule has 7 nitrogen and oxygen atoms in total. The molecule has 9 heteroatoms. The molecule has 1 amide bonds. The third kappa shape index (κ3) is 6.41. The quantitative estimate of drug-likeness (QED) is 0.565. The normalized spacial score (nSPS) is 17.7. The van der Waals surface area contributed by atoms with Crippen LogP contribution in [0.25, 0.3) is 0 Å². The number of rotatable bonds is 9. The number of aryl methyl sites for hydroxylation is 2. The number of fused-ring (bicyclic) bond motifs is 1. The summed E-state index contributed by atoms with van der Waals surface area (Å²) in [5, 5.41) is 2.91. The van der Waals surface area contributed by atoms with Crippen molar-refractivity contribution in [3.63, 3.8) is 0 Å². The summed E-state index contributed by atoms with van der Waals surface area (Å²) in [6.07, 6.45) is 4.14. The molecule has 1 unspecified atom stereocenters. The van der Waals surface area contributed by atoms with Crippen molar-refractivity contribution < 1.29 is 22.3 Å². The van der Waals surface area contributed by atoms with Crippen LogP contribution in [0, 0.1) is 5.82 Å². The van der Waals surface area contributed by atoms with Crippen LogP contribution < -0.4 is 10.0 Å². The van der Waals surface area contributed by atoms with E-state index < -0.39 is 10.0 Å². The zero-order valence-corrected chi connectivity index (χ0v) is 20.1. The van der Waals surface area contributed by atoms with Crippen molar-refractivity contribution in [3.8, 4) is 0 Å². The highest BCUT2D eigenvalue weighted by molar-refractivity contribution is 7.89. The van der Waals surface area contributed by atoms with E-state index in [-0.39, 0.29) is 35.6 Å². The molecule has 2 aromatic rings. The van der Waals surface area contributed by atoms with Gasteiger partial charge in [-0.2, -0.15) is 0 Å². The maximum atomic E-state index is 13.4. The zero-order chi connectivity index (χ0) is 24.0. The number of halogens is 1. The third-order valence-corrected chi connectivity index (χ3v) is 7.97. The van der Waals surface area contributed by atoms with Crippen LogP contribution in [0.15, 0.2) is 47.4 Å². The van der Waals surface area contributed by atoms with Crippen LogP contribution in [0.1, 0.15) is 42.0 Å². The summed E-state index contributed by atoms with van der Waals surface area (Å²) < 4.78 is 46.7. The standard InChI is InChI=1S/C25H32FN3O4S/c26-22-8-5-20(6-9-22)24(29-13-15-33-16-14-29)18-27-25(30)11-12-28-34(31,32)23-10-7-19-3-1-2-4-21(19)17-23/h5-10,17,24,28H,1-4,11-16,18H2,(H,27,30). The minimum atomic E-state index is -3.67. The summed E-state index contributed by atoms with van der Waals surface area (Å²) in [5.74, 6) is -0.548. The Hall–Kier alpha value is -2.33. The molecule has 2 N–H and O–H groups in total. The fourth-order valence-electron chi connectivity index (χ4n) is 4.59. The average Bonchev–Trinajstić information content (AvgIpc) is 2.85. The fraction of sp³-hybridized carbons (Fsp3) is 0.480. The molecule has 184 valence electrons. The fourth-order valence-corrected chi connectivity index (χ4v) is 5.67. The van der Waals surface area contributed by atoms with Gasteiger partial charge in [0.25, 0.3) is 0 Å². The lowest BCUT2D eigenvalue weighted by molar-refractivity contribution is -0.121. The lowest BCUT2D eigenvalue weighted by atomic mass is 9.92. The lowest BCUT2D eigenvalue weighted by Crippen LogP contribution is -2.44. The predicted molar refractivity (Wildman–Crippen MR) is 127 cm³/mol. The van der Waals surface area contributed by atoms with Crippen molar-refractivity contribution in [1.82, 2.24) is 14.9 Å². The topological polar surface area (TPSA) is 87.7 Å². The van der Waals surface area contributed by atoms with E-state index in [2.05, 4.69) is 14.9 Å². The Kier molecular flexibility index (Phi) is 8.31. The van der Waals surface area contributed by atoms with Crippen molar-refractivity contribution >= 4 is 15.9 Å². The lowest BCUT2D eigenvalue weighted by Gasteiger charge is -2.35. The number of benzene rings is 2. The van der Waals surface area contributed by atoms with Crippen LogP contribution in [0.5, 0.6) is 0 Å². The molecule has 1 aliphatic carbocycles. The van der Waals surface area contributed by atoms with Crippen LogP contribution in [-0.4, -0.2) is 58.6 Å². The summed E-state index contributed by atoms with van der Waals surface area (Å²) in [4.78, 5) is 14.9. The van der Waals surface area contributed by atoms with E-state index in [4.69, 9.17) is 4.74 Å². The maximum absolute atomic E-state index is 13.4. The van der Waals surface area contributed by atoms with Gasteiger partial charge in [0, 0.05) is 32.6 Å². The first kappa shape index (κ1) is 24.8. The number of sulfonamides is 1. The van der Waals surface area contributed by atoms with E-state index in [9.17, 15) is 17.6 Å². The Balaban J connectivity index is 1.30. The van der Waals surface area contributed by atoms with Crippen molar-refractivity contribution in [3.05, 3.63) is 65.0 Å². The molecule has 0 radical (unpaired) electrons. The summed E-state index contributed by atoms with van der Waals surface area (Å²) >= 11 is 0. The number of carbonyl (C=O) groups excluding carboxylic acids is 1. The van der Waals surface area contributed by atoms with Gasteiger partial charge in [0.15, 0.2) is 0 Å². The molecule has 0 aromatic heterocycles. The van der Waals surface area contributed by atoms with Gasteiger partial charge in [-0.05, 0) is 66.6 Å². The van der Waals surface area contributed by atoms with E-state index in [0.29, 0.717) is 19.8 Å². The third-order valence-electron chi connectivity index (χ3n) is 6.51. The molecule has 4 rings (SSSR count). The molecule has 2 aromatic carbocycles. The second-order valence-electron chi connectivity index (χ2n) is 8.81. The van der Waals surface area contributed by atoms with Gasteiger partial charge in [-0.3, -0.25) is 9.69 Å². The second kappa shape index (κ2) is 11.4. The molecule has 0 spiro atoms. The Bertz CT molecular complexity index is 1090. The molecule has 1 fully saturated rings. The second-order valence-corrected chi connectivity index (χ2v) is 10.6. The number of ether oxygens (including phenoxy) is 1. The Morgan fingerprint density at radius 2 is 1.74 bits per heavy atom. The van der Waals surface area contributed by atoms with Crippen molar-refractivity contribution in [2.45, 2.75) is 43.0 Å². The highest BCUT2D eigenvalue weighted by atomic mass is 32.2. The van der Waals surface area contributed by atoms with Crippen LogP contribution >= 0.6 is 0 Å². The van der Waals surface area contributed by atoms with Gasteiger partial charge < -0.3 is 10.1 Å². The first-order chi connectivity index (χ1) is 16.4. The number of nitrogens with one attached hydrogen (secondary N) is 2. The van der Waals surface area contributed by atoms with Crippen molar-refractivity contribution in [1.29, 1.82) is 0 Å². The number of amides is 1. The Morgan fingerprint density at radius 3 is 2.47 bits per heavy atom. The number of hydrogen-bond acceptors (Lipinski definition) is 5. The molecule has 34 heavy (non-hydrogen) atoms. The molecule has 0 saturated carbocycles. The van der Waals surface area contributed by atoms with E-state index in [0.717, 1.165) is 49.9 Å². The van der Waals surface area contributed by atoms with Gasteiger partial charge in [0.05, 0.1) is 24.2 Å². The summed E-state index contributed by atoms with van der Waals surface area (Å²) in [6.45, 7) is 3.02. The molecule has 2 aliphatic rings. The van der Waals surface area contributed by atoms with Crippen LogP contribution in [0.4, 0.5) is 4.39 Å². The van der Waals surface area contributed by atoms with Gasteiger partial charge in [-0.25, -0.2) is 17.5 Å². The smallest absolute Gasteiger partial charge is 0.240 e. The number of hydrogen-bond donors (Lipinski definition) is 2. The SMILES string of the molecule is O=C(CCNS(=O)(=O)c1ccc2c(c1)CCCC2)NCC(c1ccc(F)cc1)N1CCOCC1. The van der Waals surface area contributed by atoms with E-state index in [1.54, 1.807) is 24.3 Å². The highest BCUT2D eigenvalue weighted by Gasteiger charge is 2.23. The molecule has 1 heterocycles. The molecular formula is C25H32FN3O4S. The minimum absolute atomic E-state index is 0.0179. The highest BCUT2D eigenvalue weighted by Crippen LogP contribution is 2.24. The van der Waals surface area contributed by atoms with Gasteiger partial charge >= 0.3 is 0 Å². The predicted octanol–water partition coefficient (Wildman–Crippen LogP) is 2.56. The monoisotopic (exact) mass is 489 g/mol. The largest absolute Gasteiger partial charge is 0.379 e. The summed E-state index contributed by atoms with van der Waals surface area (Å²) in [5.41, 5.74) is 3.24. The van der Waals surface area contributed by atoms with E-state index in [1.165, 1.54) is 17.7 Å². The number of nitrogens with zero attached hydrogens (tertiary/aromatic N) is 1. The van der Waals surface area contributed by atoms with Gasteiger partial charge in [0.1, 0.15) is 5.82 Å². The average molecular weight is 490 g/mol. The van der Waals surface area contributed by atoms with Gasteiger partial charge in [-0.1, -0.05) is 18.2 Å². The summed E-state index contributed by atoms with van der Waals surface area (Å²) in [6, 6.07) is 11.5. The van der Waals surface area contributed by atoms with Crippen molar-refractivity contribution in [2.24, 2.45) is 0 Å². The van der Waals surface area contributed by atoms with Crippen molar-refractivity contribution in [2.75, 3.05) is 39.4 Å². The Morgan fingerprint density at radius 1 is 1.03 bits per heavy atom. The maximum Gasteiger partial charge on any atom is 0.240 e. The van der Waals surface area contributed by atoms with Crippen LogP contribution in [-0.2, 0) is 32.4 Å². The molecular weight excluding hydrogens is 457 g/mol. The first-order valence-corrected chi connectivity index (χ1v) is 13.4. The zero-order valence-electron chi connectivity index (χ0n) is 19.3. The molecule has 1 atom stereocenters. The van der Waals surface area contributed by atoms with Gasteiger partial charge in [-0.15, -0.1) is 0 Å². The molecule has 0 bridgehead atoms. The first-order valence-electron chi connectivity index (χ1n) is 11.9. The van der Waals surface area contributed by atoms with Crippen LogP contribution in [0.2, 0.25) is 0 Å². The molecule has 1 aliphatic heterocycles. The van der Waals surface area contributed by atoms with E-state index in [1.807, 2.05) is 6.07 Å². The van der Waals surface area contributed by atoms with Gasteiger partial charge in [0.2, 0.25) is 15.9 Å². The molecule has 1 saturated heterocycles. The number of morpholine rings is 1. The van der Waals surface area contributed by atoms with Crippen LogP contribution in [0.3, 0.4) is 0 Å². The number of carbonyl (C=O) groups is 1.